The van der Waals surface area contributed by atoms with Gasteiger partial charge in [-0.2, -0.15) is 0 Å². The van der Waals surface area contributed by atoms with E-state index in [9.17, 15) is 9.18 Å². The largest absolute Gasteiger partial charge is 0.444 e. The number of ether oxygens (including phenoxy) is 1. The van der Waals surface area contributed by atoms with E-state index in [0.29, 0.717) is 25.9 Å². The molecule has 1 aliphatic heterocycles. The lowest BCUT2D eigenvalue weighted by Crippen LogP contribution is -2.40. The Hall–Kier alpha value is -1.06. The van der Waals surface area contributed by atoms with Gasteiger partial charge in [0.2, 0.25) is 0 Å². The first kappa shape index (κ1) is 16.9. The summed E-state index contributed by atoms with van der Waals surface area (Å²) in [5, 5.41) is 0. The third-order valence-electron chi connectivity index (χ3n) is 2.51. The van der Waals surface area contributed by atoms with Crippen molar-refractivity contribution in [3.05, 3.63) is 11.4 Å². The number of hydrogen-bond acceptors (Lipinski definition) is 2. The fourth-order valence-corrected chi connectivity index (χ4v) is 1.63. The molecule has 106 valence electrons. The van der Waals surface area contributed by atoms with Gasteiger partial charge < -0.3 is 9.64 Å². The van der Waals surface area contributed by atoms with Gasteiger partial charge in [-0.05, 0) is 46.1 Å². The third kappa shape index (κ3) is 6.03. The van der Waals surface area contributed by atoms with Crippen LogP contribution in [0, 0.1) is 0 Å². The number of hydrogen-bond donors (Lipinski definition) is 0. The number of amides is 1. The Kier molecular flexibility index (Phi) is 6.96. The topological polar surface area (TPSA) is 29.5 Å². The van der Waals surface area contributed by atoms with Gasteiger partial charge in [0.1, 0.15) is 5.60 Å². The van der Waals surface area contributed by atoms with Crippen molar-refractivity contribution in [3.8, 4) is 0 Å². The van der Waals surface area contributed by atoms with Gasteiger partial charge in [0, 0.05) is 13.1 Å². The molecule has 0 radical (unpaired) electrons. The maximum Gasteiger partial charge on any atom is 0.410 e. The summed E-state index contributed by atoms with van der Waals surface area (Å²) >= 11 is 0. The Bertz CT molecular complexity index is 291. The Morgan fingerprint density at radius 2 is 1.67 bits per heavy atom. The molecule has 18 heavy (non-hydrogen) atoms. The summed E-state index contributed by atoms with van der Waals surface area (Å²) in [6, 6.07) is 0. The van der Waals surface area contributed by atoms with E-state index < -0.39 is 5.60 Å². The molecule has 0 aromatic carbocycles. The zero-order valence-electron chi connectivity index (χ0n) is 12.5. The highest BCUT2D eigenvalue weighted by Gasteiger charge is 2.25. The van der Waals surface area contributed by atoms with Crippen LogP contribution in [0.2, 0.25) is 0 Å². The number of rotatable bonds is 0. The van der Waals surface area contributed by atoms with Gasteiger partial charge in [0.15, 0.2) is 0 Å². The molecular formula is C14H26FNO2. The second-order valence-electron chi connectivity index (χ2n) is 5.10. The number of piperidine rings is 1. The molecule has 0 N–H and O–H groups in total. The van der Waals surface area contributed by atoms with Crippen molar-refractivity contribution < 1.29 is 13.9 Å². The van der Waals surface area contributed by atoms with Crippen molar-refractivity contribution in [2.24, 2.45) is 0 Å². The minimum absolute atomic E-state index is 0.108. The van der Waals surface area contributed by atoms with Gasteiger partial charge >= 0.3 is 6.09 Å². The van der Waals surface area contributed by atoms with Crippen LogP contribution in [-0.4, -0.2) is 29.7 Å². The molecule has 1 fully saturated rings. The normalized spacial score (nSPS) is 15.7. The van der Waals surface area contributed by atoms with Crippen molar-refractivity contribution in [2.75, 3.05) is 13.1 Å². The van der Waals surface area contributed by atoms with E-state index in [1.165, 1.54) is 6.92 Å². The molecule has 0 spiro atoms. The Balaban J connectivity index is 0.00000137. The molecule has 0 aromatic heterocycles. The van der Waals surface area contributed by atoms with Gasteiger partial charge in [-0.15, -0.1) is 0 Å². The number of carbonyl (C=O) groups excluding carboxylic acids is 1. The van der Waals surface area contributed by atoms with Crippen LogP contribution in [0.4, 0.5) is 9.18 Å². The van der Waals surface area contributed by atoms with Crippen LogP contribution in [-0.2, 0) is 4.74 Å². The highest BCUT2D eigenvalue weighted by Crippen LogP contribution is 2.21. The van der Waals surface area contributed by atoms with Crippen LogP contribution in [0.25, 0.3) is 0 Å². The molecule has 0 unspecified atom stereocenters. The minimum atomic E-state index is -0.469. The zero-order chi connectivity index (χ0) is 14.3. The molecule has 1 saturated heterocycles. The van der Waals surface area contributed by atoms with E-state index in [1.54, 1.807) is 4.90 Å². The standard InChI is InChI=1S/C12H20FNO2.C2H6/c1-9(13)10-5-7-14(8-6-10)11(15)16-12(2,3)4;1-2/h5-8H2,1-4H3;1-2H3. The molecule has 0 bridgehead atoms. The lowest BCUT2D eigenvalue weighted by Gasteiger charge is -2.31. The summed E-state index contributed by atoms with van der Waals surface area (Å²) < 4.78 is 18.2. The maximum atomic E-state index is 12.9. The van der Waals surface area contributed by atoms with Gasteiger partial charge in [-0.25, -0.2) is 9.18 Å². The lowest BCUT2D eigenvalue weighted by molar-refractivity contribution is 0.0235. The van der Waals surface area contributed by atoms with Gasteiger partial charge in [-0.1, -0.05) is 13.8 Å². The van der Waals surface area contributed by atoms with Crippen LogP contribution < -0.4 is 0 Å². The van der Waals surface area contributed by atoms with Crippen LogP contribution in [0.5, 0.6) is 0 Å². The molecule has 0 atom stereocenters. The average Bonchev–Trinajstić information content (AvgIpc) is 2.29. The summed E-state index contributed by atoms with van der Waals surface area (Å²) in [5.41, 5.74) is 0.350. The molecule has 3 nitrogen and oxygen atoms in total. The number of halogens is 1. The zero-order valence-corrected chi connectivity index (χ0v) is 12.5. The molecule has 1 heterocycles. The first-order valence-electron chi connectivity index (χ1n) is 6.61. The molecule has 1 rings (SSSR count). The molecule has 1 amide bonds. The SMILES string of the molecule is CC.CC(F)=C1CCN(C(=O)OC(C)(C)C)CC1. The Morgan fingerprint density at radius 3 is 2.00 bits per heavy atom. The molecule has 0 saturated carbocycles. The Labute approximate surface area is 110 Å². The minimum Gasteiger partial charge on any atom is -0.444 e. The van der Waals surface area contributed by atoms with Crippen LogP contribution >= 0.6 is 0 Å². The predicted octanol–water partition coefficient (Wildman–Crippen LogP) is 4.29. The fourth-order valence-electron chi connectivity index (χ4n) is 1.63. The van der Waals surface area contributed by atoms with Crippen LogP contribution in [0.1, 0.15) is 54.4 Å². The van der Waals surface area contributed by atoms with Crippen molar-refractivity contribution in [1.29, 1.82) is 0 Å². The summed E-state index contributed by atoms with van der Waals surface area (Å²) in [4.78, 5) is 13.3. The monoisotopic (exact) mass is 259 g/mol. The quantitative estimate of drug-likeness (QED) is 0.649. The molecule has 0 aliphatic carbocycles. The Morgan fingerprint density at radius 1 is 1.22 bits per heavy atom. The highest BCUT2D eigenvalue weighted by atomic mass is 19.1. The average molecular weight is 259 g/mol. The van der Waals surface area contributed by atoms with Crippen molar-refractivity contribution >= 4 is 6.09 Å². The lowest BCUT2D eigenvalue weighted by atomic mass is 10.0. The molecule has 0 aromatic rings. The van der Waals surface area contributed by atoms with Crippen LogP contribution in [0.15, 0.2) is 11.4 Å². The number of allylic oxidation sites excluding steroid dienone is 1. The highest BCUT2D eigenvalue weighted by molar-refractivity contribution is 5.68. The van der Waals surface area contributed by atoms with E-state index >= 15 is 0 Å². The predicted molar refractivity (Wildman–Crippen MR) is 72.2 cm³/mol. The summed E-state index contributed by atoms with van der Waals surface area (Å²) in [7, 11) is 0. The second-order valence-corrected chi connectivity index (χ2v) is 5.10. The van der Waals surface area contributed by atoms with E-state index in [4.69, 9.17) is 4.74 Å². The summed E-state index contributed by atoms with van der Waals surface area (Å²) in [5.74, 6) is -0.108. The van der Waals surface area contributed by atoms with Gasteiger partial charge in [0.25, 0.3) is 0 Å². The first-order valence-corrected chi connectivity index (χ1v) is 6.61. The summed E-state index contributed by atoms with van der Waals surface area (Å²) in [6.07, 6.45) is 0.923. The smallest absolute Gasteiger partial charge is 0.410 e. The molecule has 4 heteroatoms. The van der Waals surface area contributed by atoms with E-state index in [2.05, 4.69) is 0 Å². The van der Waals surface area contributed by atoms with Gasteiger partial charge in [-0.3, -0.25) is 0 Å². The van der Waals surface area contributed by atoms with E-state index in [0.717, 1.165) is 5.57 Å². The molecular weight excluding hydrogens is 233 g/mol. The van der Waals surface area contributed by atoms with Crippen molar-refractivity contribution in [3.63, 3.8) is 0 Å². The number of likely N-dealkylation sites (tertiary alicyclic amines) is 1. The maximum absolute atomic E-state index is 12.9. The fraction of sp³-hybridized carbons (Fsp3) is 0.786. The summed E-state index contributed by atoms with van der Waals surface area (Å²) in [6.45, 7) is 12.1. The van der Waals surface area contributed by atoms with E-state index in [-0.39, 0.29) is 11.9 Å². The first-order chi connectivity index (χ1) is 8.29. The third-order valence-corrected chi connectivity index (χ3v) is 2.51. The second kappa shape index (κ2) is 7.39. The van der Waals surface area contributed by atoms with Crippen LogP contribution in [0.3, 0.4) is 0 Å². The van der Waals surface area contributed by atoms with Gasteiger partial charge in [0.05, 0.1) is 5.83 Å². The molecule has 1 aliphatic rings. The van der Waals surface area contributed by atoms with E-state index in [1.807, 2.05) is 34.6 Å². The van der Waals surface area contributed by atoms with Crippen molar-refractivity contribution in [2.45, 2.75) is 60.0 Å². The number of nitrogens with zero attached hydrogens (tertiary/aromatic N) is 1. The van der Waals surface area contributed by atoms with Crippen molar-refractivity contribution in [1.82, 2.24) is 4.90 Å². The number of carbonyl (C=O) groups is 1.